The van der Waals surface area contributed by atoms with E-state index in [0.717, 1.165) is 25.7 Å². The molecule has 0 radical (unpaired) electrons. The highest BCUT2D eigenvalue weighted by molar-refractivity contribution is 7.83. The van der Waals surface area contributed by atoms with Crippen LogP contribution in [0.2, 0.25) is 0 Å². The predicted molar refractivity (Wildman–Crippen MR) is 102 cm³/mol. The van der Waals surface area contributed by atoms with Gasteiger partial charge in [0.2, 0.25) is 6.33 Å². The van der Waals surface area contributed by atoms with Gasteiger partial charge in [-0.25, -0.2) is 13.9 Å². The van der Waals surface area contributed by atoms with Crippen LogP contribution in [0.5, 0.6) is 0 Å². The Hall–Kier alpha value is -1.65. The number of amides is 1. The highest BCUT2D eigenvalue weighted by Gasteiger charge is 2.35. The molecule has 0 saturated carbocycles. The maximum Gasteiger partial charge on any atom is 0.410 e. The van der Waals surface area contributed by atoms with Gasteiger partial charge in [-0.1, -0.05) is 0 Å². The minimum Gasteiger partial charge on any atom is -0.444 e. The molecule has 28 heavy (non-hydrogen) atoms. The molecule has 2 aliphatic rings. The van der Waals surface area contributed by atoms with Gasteiger partial charge in [-0.3, -0.25) is 4.55 Å². The van der Waals surface area contributed by atoms with Gasteiger partial charge in [-0.15, -0.1) is 0 Å². The van der Waals surface area contributed by atoms with Gasteiger partial charge in [-0.2, -0.15) is 12.7 Å². The van der Waals surface area contributed by atoms with Crippen LogP contribution in [0.25, 0.3) is 0 Å². The van der Waals surface area contributed by atoms with Gasteiger partial charge in [0, 0.05) is 13.1 Å². The number of aromatic nitrogens is 2. The van der Waals surface area contributed by atoms with Crippen LogP contribution in [0.4, 0.5) is 4.79 Å². The van der Waals surface area contributed by atoms with Gasteiger partial charge in [-0.05, 0) is 46.5 Å². The molecule has 1 amide bonds. The van der Waals surface area contributed by atoms with E-state index in [1.807, 2.05) is 48.6 Å². The summed E-state index contributed by atoms with van der Waals surface area (Å²) in [7, 11) is -4.16. The highest BCUT2D eigenvalue weighted by Crippen LogP contribution is 2.22. The third-order valence-corrected chi connectivity index (χ3v) is 6.29. The quantitative estimate of drug-likeness (QED) is 0.580. The summed E-state index contributed by atoms with van der Waals surface area (Å²) in [6.07, 6.45) is 8.83. The standard InChI is InChI=1S/C18H30N4O5S/c1-18(2,3)27-17(23)21-8-4-6-15(21)12-19-10-11-20(14-19)13-16-7-5-9-22(16)28(24,25)26/h10-11,14-16H,4-9,12-13H2,1-3H3/p+1/t15-,16-/m0/s1. The molecule has 0 aromatic carbocycles. The summed E-state index contributed by atoms with van der Waals surface area (Å²) in [5.41, 5.74) is -0.513. The molecule has 2 fully saturated rings. The zero-order valence-electron chi connectivity index (χ0n) is 16.8. The van der Waals surface area contributed by atoms with E-state index in [4.69, 9.17) is 4.74 Å². The van der Waals surface area contributed by atoms with Crippen molar-refractivity contribution < 1.29 is 27.1 Å². The minimum absolute atomic E-state index is 0.0801. The molecule has 1 aromatic heterocycles. The normalized spacial score (nSPS) is 24.1. The molecule has 2 atom stereocenters. The van der Waals surface area contributed by atoms with Crippen molar-refractivity contribution in [2.75, 3.05) is 13.1 Å². The highest BCUT2D eigenvalue weighted by atomic mass is 32.2. The topological polar surface area (TPSA) is 96.0 Å². The lowest BCUT2D eigenvalue weighted by molar-refractivity contribution is -0.700. The lowest BCUT2D eigenvalue weighted by atomic mass is 10.2. The summed E-state index contributed by atoms with van der Waals surface area (Å²) >= 11 is 0. The summed E-state index contributed by atoms with van der Waals surface area (Å²) in [5, 5.41) is 0. The maximum absolute atomic E-state index is 12.4. The lowest BCUT2D eigenvalue weighted by Gasteiger charge is -2.27. The molecule has 10 heteroatoms. The van der Waals surface area contributed by atoms with Crippen molar-refractivity contribution in [3.63, 3.8) is 0 Å². The lowest BCUT2D eigenvalue weighted by Crippen LogP contribution is -2.46. The molecule has 1 aromatic rings. The van der Waals surface area contributed by atoms with E-state index in [1.54, 1.807) is 4.90 Å². The molecule has 3 rings (SSSR count). The second kappa shape index (κ2) is 8.00. The number of nitrogens with zero attached hydrogens (tertiary/aromatic N) is 4. The monoisotopic (exact) mass is 415 g/mol. The van der Waals surface area contributed by atoms with Crippen molar-refractivity contribution in [2.24, 2.45) is 0 Å². The van der Waals surface area contributed by atoms with Crippen molar-refractivity contribution in [3.05, 3.63) is 18.7 Å². The van der Waals surface area contributed by atoms with E-state index < -0.39 is 15.9 Å². The Bertz CT molecular complexity index is 801. The molecule has 1 N–H and O–H groups in total. The van der Waals surface area contributed by atoms with Gasteiger partial charge < -0.3 is 9.64 Å². The van der Waals surface area contributed by atoms with Crippen LogP contribution in [0, 0.1) is 0 Å². The molecule has 3 heterocycles. The van der Waals surface area contributed by atoms with Crippen LogP contribution < -0.4 is 4.57 Å². The summed E-state index contributed by atoms with van der Waals surface area (Å²) in [5.74, 6) is 0. The summed E-state index contributed by atoms with van der Waals surface area (Å²) in [6, 6.07) is -0.155. The zero-order valence-corrected chi connectivity index (χ0v) is 17.6. The fraction of sp³-hybridized carbons (Fsp3) is 0.778. The van der Waals surface area contributed by atoms with Crippen molar-refractivity contribution in [2.45, 2.75) is 77.2 Å². The maximum atomic E-state index is 12.4. The summed E-state index contributed by atoms with van der Waals surface area (Å²) in [4.78, 5) is 14.2. The SMILES string of the molecule is CC(C)(C)OC(=O)N1CCC[C@H]1Cn1cc[n+](C[C@@H]2CCCN2S(=O)(=O)O)c1. The Labute approximate surface area is 166 Å². The molecule has 2 aliphatic heterocycles. The minimum atomic E-state index is -4.16. The predicted octanol–water partition coefficient (Wildman–Crippen LogP) is 1.44. The Morgan fingerprint density at radius 3 is 2.57 bits per heavy atom. The van der Waals surface area contributed by atoms with E-state index in [-0.39, 0.29) is 18.2 Å². The molecule has 9 nitrogen and oxygen atoms in total. The average Bonchev–Trinajstić information content (AvgIpc) is 3.26. The molecule has 0 bridgehead atoms. The number of imidazole rings is 1. The smallest absolute Gasteiger partial charge is 0.410 e. The number of hydrogen-bond donors (Lipinski definition) is 1. The molecule has 0 unspecified atom stereocenters. The number of carbonyl (C=O) groups is 1. The van der Waals surface area contributed by atoms with Crippen LogP contribution in [0.1, 0.15) is 46.5 Å². The molecular weight excluding hydrogens is 384 g/mol. The van der Waals surface area contributed by atoms with Crippen LogP contribution in [0.15, 0.2) is 18.7 Å². The van der Waals surface area contributed by atoms with Crippen molar-refractivity contribution in [1.29, 1.82) is 0 Å². The summed E-state index contributed by atoms with van der Waals surface area (Å²) in [6.45, 7) is 7.81. The number of hydrogen-bond acceptors (Lipinski definition) is 4. The molecule has 0 aliphatic carbocycles. The fourth-order valence-electron chi connectivity index (χ4n) is 4.02. The average molecular weight is 416 g/mol. The first-order chi connectivity index (χ1) is 13.0. The van der Waals surface area contributed by atoms with E-state index in [2.05, 4.69) is 0 Å². The van der Waals surface area contributed by atoms with Gasteiger partial charge in [0.15, 0.2) is 0 Å². The number of ether oxygens (including phenoxy) is 1. The number of rotatable bonds is 5. The molecule has 158 valence electrons. The second-order valence-electron chi connectivity index (χ2n) is 8.66. The number of carbonyl (C=O) groups excluding carboxylic acids is 1. The molecule has 2 saturated heterocycles. The Morgan fingerprint density at radius 1 is 1.21 bits per heavy atom. The van der Waals surface area contributed by atoms with Gasteiger partial charge in [0.25, 0.3) is 0 Å². The van der Waals surface area contributed by atoms with Crippen molar-refractivity contribution in [3.8, 4) is 0 Å². The van der Waals surface area contributed by atoms with E-state index in [9.17, 15) is 17.8 Å². The van der Waals surface area contributed by atoms with Crippen molar-refractivity contribution >= 4 is 16.4 Å². The van der Waals surface area contributed by atoms with E-state index in [0.29, 0.717) is 26.2 Å². The van der Waals surface area contributed by atoms with Crippen LogP contribution in [-0.4, -0.2) is 63.6 Å². The number of likely N-dealkylation sites (tertiary alicyclic amines) is 1. The largest absolute Gasteiger partial charge is 0.444 e. The first kappa shape index (κ1) is 21.1. The van der Waals surface area contributed by atoms with E-state index >= 15 is 0 Å². The van der Waals surface area contributed by atoms with E-state index in [1.165, 1.54) is 4.31 Å². The van der Waals surface area contributed by atoms with Gasteiger partial charge >= 0.3 is 16.4 Å². The molecule has 0 spiro atoms. The first-order valence-electron chi connectivity index (χ1n) is 9.81. The Balaban J connectivity index is 1.60. The fourth-order valence-corrected chi connectivity index (χ4v) is 4.93. The van der Waals surface area contributed by atoms with Gasteiger partial charge in [0.1, 0.15) is 31.1 Å². The Kier molecular flexibility index (Phi) is 6.02. The second-order valence-corrected chi connectivity index (χ2v) is 10.0. The zero-order chi connectivity index (χ0) is 20.5. The summed E-state index contributed by atoms with van der Waals surface area (Å²) < 4.78 is 43.0. The Morgan fingerprint density at radius 2 is 1.89 bits per heavy atom. The van der Waals surface area contributed by atoms with Crippen molar-refractivity contribution in [1.82, 2.24) is 13.8 Å². The third kappa shape index (κ3) is 5.24. The van der Waals surface area contributed by atoms with Crippen LogP contribution in [0.3, 0.4) is 0 Å². The third-order valence-electron chi connectivity index (χ3n) is 5.21. The van der Waals surface area contributed by atoms with Crippen LogP contribution in [-0.2, 0) is 28.1 Å². The molecular formula is C18H31N4O5S+. The van der Waals surface area contributed by atoms with Crippen LogP contribution >= 0.6 is 0 Å². The first-order valence-corrected chi connectivity index (χ1v) is 11.2. The van der Waals surface area contributed by atoms with Gasteiger partial charge in [0.05, 0.1) is 12.1 Å².